The SMILES string of the molecule is CCC(Nc1ncc(Br)cc1[N+](=O)[O-])c1ncc[nH]1. The van der Waals surface area contributed by atoms with Gasteiger partial charge in [0.15, 0.2) is 0 Å². The maximum atomic E-state index is 11.0. The number of rotatable bonds is 5. The molecular weight excluding hydrogens is 314 g/mol. The fourth-order valence-electron chi connectivity index (χ4n) is 1.68. The summed E-state index contributed by atoms with van der Waals surface area (Å²) < 4.78 is 0.566. The molecule has 0 amide bonds. The molecule has 2 aromatic heterocycles. The van der Waals surface area contributed by atoms with Crippen LogP contribution in [0.2, 0.25) is 0 Å². The van der Waals surface area contributed by atoms with Crippen LogP contribution in [0.5, 0.6) is 0 Å². The van der Waals surface area contributed by atoms with E-state index in [-0.39, 0.29) is 17.5 Å². The summed E-state index contributed by atoms with van der Waals surface area (Å²) in [5, 5.41) is 14.1. The Balaban J connectivity index is 2.29. The number of imidazole rings is 1. The molecule has 8 heteroatoms. The number of hydrogen-bond donors (Lipinski definition) is 2. The summed E-state index contributed by atoms with van der Waals surface area (Å²) >= 11 is 3.17. The van der Waals surface area contributed by atoms with Gasteiger partial charge in [-0.3, -0.25) is 10.1 Å². The van der Waals surface area contributed by atoms with Gasteiger partial charge in [0.2, 0.25) is 5.82 Å². The zero-order valence-corrected chi connectivity index (χ0v) is 11.7. The number of hydrogen-bond acceptors (Lipinski definition) is 5. The minimum Gasteiger partial charge on any atom is -0.354 e. The van der Waals surface area contributed by atoms with E-state index < -0.39 is 4.92 Å². The lowest BCUT2D eigenvalue weighted by molar-refractivity contribution is -0.384. The molecule has 0 aliphatic heterocycles. The minimum absolute atomic E-state index is 0.0700. The number of aromatic nitrogens is 3. The quantitative estimate of drug-likeness (QED) is 0.650. The van der Waals surface area contributed by atoms with E-state index in [0.717, 1.165) is 12.2 Å². The van der Waals surface area contributed by atoms with Crippen LogP contribution in [0.1, 0.15) is 25.2 Å². The van der Waals surface area contributed by atoms with Crippen LogP contribution in [0.25, 0.3) is 0 Å². The summed E-state index contributed by atoms with van der Waals surface area (Å²) in [6.07, 6.45) is 5.60. The zero-order chi connectivity index (χ0) is 13.8. The Bertz CT molecular complexity index is 572. The van der Waals surface area contributed by atoms with Crippen molar-refractivity contribution in [1.82, 2.24) is 15.0 Å². The van der Waals surface area contributed by atoms with E-state index in [4.69, 9.17) is 0 Å². The average Bonchev–Trinajstić information content (AvgIpc) is 2.90. The lowest BCUT2D eigenvalue weighted by atomic mass is 10.2. The third-order valence-electron chi connectivity index (χ3n) is 2.60. The van der Waals surface area contributed by atoms with Gasteiger partial charge in [-0.05, 0) is 22.4 Å². The molecule has 0 aliphatic rings. The molecule has 2 N–H and O–H groups in total. The average molecular weight is 326 g/mol. The van der Waals surface area contributed by atoms with Crippen LogP contribution >= 0.6 is 15.9 Å². The monoisotopic (exact) mass is 325 g/mol. The number of aromatic amines is 1. The Morgan fingerprint density at radius 3 is 2.95 bits per heavy atom. The normalized spacial score (nSPS) is 12.1. The van der Waals surface area contributed by atoms with E-state index in [2.05, 4.69) is 36.2 Å². The summed E-state index contributed by atoms with van der Waals surface area (Å²) in [6.45, 7) is 1.96. The Hall–Kier alpha value is -1.96. The zero-order valence-electron chi connectivity index (χ0n) is 10.1. The molecule has 0 bridgehead atoms. The number of anilines is 1. The van der Waals surface area contributed by atoms with Crippen molar-refractivity contribution in [3.05, 3.63) is 45.1 Å². The minimum atomic E-state index is -0.463. The van der Waals surface area contributed by atoms with E-state index in [1.54, 1.807) is 12.4 Å². The van der Waals surface area contributed by atoms with E-state index >= 15 is 0 Å². The van der Waals surface area contributed by atoms with Gasteiger partial charge in [0.05, 0.1) is 11.0 Å². The molecule has 100 valence electrons. The van der Waals surface area contributed by atoms with Gasteiger partial charge in [-0.25, -0.2) is 9.97 Å². The number of halogens is 1. The predicted octanol–water partition coefficient (Wildman–Crippen LogP) is 3.04. The Morgan fingerprint density at radius 1 is 1.58 bits per heavy atom. The lowest BCUT2D eigenvalue weighted by Crippen LogP contribution is -2.13. The van der Waals surface area contributed by atoms with Gasteiger partial charge in [-0.15, -0.1) is 0 Å². The third kappa shape index (κ3) is 3.08. The van der Waals surface area contributed by atoms with Crippen molar-refractivity contribution >= 4 is 27.4 Å². The molecular formula is C11H12BrN5O2. The smallest absolute Gasteiger partial charge is 0.312 e. The van der Waals surface area contributed by atoms with Gasteiger partial charge in [-0.1, -0.05) is 6.92 Å². The number of nitro groups is 1. The first-order valence-electron chi connectivity index (χ1n) is 5.67. The first-order valence-corrected chi connectivity index (χ1v) is 6.47. The first kappa shape index (κ1) is 13.5. The van der Waals surface area contributed by atoms with Crippen molar-refractivity contribution in [2.45, 2.75) is 19.4 Å². The van der Waals surface area contributed by atoms with Crippen LogP contribution in [0.15, 0.2) is 29.1 Å². The van der Waals surface area contributed by atoms with E-state index in [1.807, 2.05) is 6.92 Å². The highest BCUT2D eigenvalue weighted by Crippen LogP contribution is 2.28. The van der Waals surface area contributed by atoms with Crippen LogP contribution in [0.3, 0.4) is 0 Å². The molecule has 2 rings (SSSR count). The number of nitrogens with one attached hydrogen (secondary N) is 2. The van der Waals surface area contributed by atoms with Crippen molar-refractivity contribution in [2.75, 3.05) is 5.32 Å². The maximum Gasteiger partial charge on any atom is 0.312 e. The first-order chi connectivity index (χ1) is 9.11. The van der Waals surface area contributed by atoms with E-state index in [9.17, 15) is 10.1 Å². The van der Waals surface area contributed by atoms with Gasteiger partial charge in [0.25, 0.3) is 0 Å². The fraction of sp³-hybridized carbons (Fsp3) is 0.273. The van der Waals surface area contributed by atoms with E-state index in [0.29, 0.717) is 4.47 Å². The molecule has 19 heavy (non-hydrogen) atoms. The molecule has 0 aliphatic carbocycles. The summed E-state index contributed by atoms with van der Waals surface area (Å²) in [4.78, 5) is 21.7. The molecule has 0 radical (unpaired) electrons. The van der Waals surface area contributed by atoms with Gasteiger partial charge in [-0.2, -0.15) is 0 Å². The molecule has 7 nitrogen and oxygen atoms in total. The summed E-state index contributed by atoms with van der Waals surface area (Å²) in [5.74, 6) is 0.956. The highest BCUT2D eigenvalue weighted by atomic mass is 79.9. The van der Waals surface area contributed by atoms with Gasteiger partial charge in [0, 0.05) is 29.1 Å². The molecule has 1 atom stereocenters. The number of pyridine rings is 1. The summed E-state index contributed by atoms with van der Waals surface area (Å²) in [7, 11) is 0. The third-order valence-corrected chi connectivity index (χ3v) is 3.03. The lowest BCUT2D eigenvalue weighted by Gasteiger charge is -2.15. The topological polar surface area (TPSA) is 96.7 Å². The van der Waals surface area contributed by atoms with Gasteiger partial charge >= 0.3 is 5.69 Å². The van der Waals surface area contributed by atoms with Crippen LogP contribution in [0.4, 0.5) is 11.5 Å². The number of H-pyrrole nitrogens is 1. The Morgan fingerprint density at radius 2 is 2.37 bits per heavy atom. The van der Waals surface area contributed by atoms with Gasteiger partial charge < -0.3 is 10.3 Å². The van der Waals surface area contributed by atoms with Gasteiger partial charge in [0.1, 0.15) is 5.82 Å². The van der Waals surface area contributed by atoms with E-state index in [1.165, 1.54) is 12.3 Å². The number of nitrogens with zero attached hydrogens (tertiary/aromatic N) is 3. The molecule has 0 fully saturated rings. The molecule has 2 aromatic rings. The van der Waals surface area contributed by atoms with Crippen LogP contribution in [-0.2, 0) is 0 Å². The van der Waals surface area contributed by atoms with Crippen molar-refractivity contribution in [2.24, 2.45) is 0 Å². The second-order valence-corrected chi connectivity index (χ2v) is 4.77. The Labute approximate surface area is 117 Å². The molecule has 0 aromatic carbocycles. The van der Waals surface area contributed by atoms with Crippen molar-refractivity contribution in [3.63, 3.8) is 0 Å². The molecule has 0 saturated heterocycles. The molecule has 0 spiro atoms. The van der Waals surface area contributed by atoms with Crippen molar-refractivity contribution in [3.8, 4) is 0 Å². The molecule has 2 heterocycles. The van der Waals surface area contributed by atoms with Crippen molar-refractivity contribution in [1.29, 1.82) is 0 Å². The second kappa shape index (κ2) is 5.79. The molecule has 0 saturated carbocycles. The highest BCUT2D eigenvalue weighted by molar-refractivity contribution is 9.10. The highest BCUT2D eigenvalue weighted by Gasteiger charge is 2.20. The predicted molar refractivity (Wildman–Crippen MR) is 73.8 cm³/mol. The molecule has 1 unspecified atom stereocenters. The van der Waals surface area contributed by atoms with Crippen molar-refractivity contribution < 1.29 is 4.92 Å². The maximum absolute atomic E-state index is 11.0. The summed E-state index contributed by atoms with van der Waals surface area (Å²) in [6, 6.07) is 1.27. The van der Waals surface area contributed by atoms with Crippen LogP contribution in [-0.4, -0.2) is 19.9 Å². The fourth-order valence-corrected chi connectivity index (χ4v) is 2.00. The Kier molecular flexibility index (Phi) is 4.10. The second-order valence-electron chi connectivity index (χ2n) is 3.86. The summed E-state index contributed by atoms with van der Waals surface area (Å²) in [5.41, 5.74) is -0.0700. The largest absolute Gasteiger partial charge is 0.354 e. The van der Waals surface area contributed by atoms with Crippen LogP contribution < -0.4 is 5.32 Å². The standard InChI is InChI=1S/C11H12BrN5O2/c1-2-8(10-13-3-4-14-10)16-11-9(17(18)19)5-7(12)6-15-11/h3-6,8H,2H2,1H3,(H,13,14)(H,15,16). The van der Waals surface area contributed by atoms with Crippen LogP contribution in [0, 0.1) is 10.1 Å².